The van der Waals surface area contributed by atoms with Crippen LogP contribution in [0.2, 0.25) is 0 Å². The SMILES string of the molecule is FC(F)(F)c1cc2cccc3ccc4cccc1c4c32. The fraction of sp³-hybridized carbons (Fsp3) is 0.0588. The number of alkyl halides is 3. The van der Waals surface area contributed by atoms with E-state index in [9.17, 15) is 13.2 Å². The number of hydrogen-bond acceptors (Lipinski definition) is 0. The van der Waals surface area contributed by atoms with Crippen LogP contribution >= 0.6 is 0 Å². The molecular formula is C17H9F3. The van der Waals surface area contributed by atoms with Crippen molar-refractivity contribution in [2.45, 2.75) is 6.18 Å². The minimum Gasteiger partial charge on any atom is -0.166 e. The van der Waals surface area contributed by atoms with Crippen molar-refractivity contribution < 1.29 is 13.2 Å². The molecule has 98 valence electrons. The Bertz CT molecular complexity index is 935. The lowest BCUT2D eigenvalue weighted by atomic mass is 9.91. The standard InChI is InChI=1S/C17H9F3/c18-17(19,20)14-9-12-5-1-3-10-7-8-11-4-2-6-13(14)16(11)15(10)12/h1-9H. The highest BCUT2D eigenvalue weighted by molar-refractivity contribution is 6.23. The summed E-state index contributed by atoms with van der Waals surface area (Å²) in [5.74, 6) is 0. The molecule has 20 heavy (non-hydrogen) atoms. The zero-order chi connectivity index (χ0) is 13.9. The predicted octanol–water partition coefficient (Wildman–Crippen LogP) is 5.60. The summed E-state index contributed by atoms with van der Waals surface area (Å²) in [6.45, 7) is 0. The Morgan fingerprint density at radius 2 is 1.25 bits per heavy atom. The highest BCUT2D eigenvalue weighted by Crippen LogP contribution is 2.42. The first-order chi connectivity index (χ1) is 9.55. The first-order valence-corrected chi connectivity index (χ1v) is 6.29. The summed E-state index contributed by atoms with van der Waals surface area (Å²) in [6, 6.07) is 15.6. The average molecular weight is 270 g/mol. The molecule has 0 aliphatic carbocycles. The van der Waals surface area contributed by atoms with Gasteiger partial charge >= 0.3 is 6.18 Å². The molecule has 0 amide bonds. The van der Waals surface area contributed by atoms with Crippen LogP contribution in [0.1, 0.15) is 5.56 Å². The van der Waals surface area contributed by atoms with Crippen LogP contribution in [-0.2, 0) is 6.18 Å². The van der Waals surface area contributed by atoms with E-state index in [-0.39, 0.29) is 5.39 Å². The lowest BCUT2D eigenvalue weighted by molar-refractivity contribution is -0.136. The summed E-state index contributed by atoms with van der Waals surface area (Å²) in [4.78, 5) is 0. The molecule has 0 heterocycles. The first kappa shape index (κ1) is 11.5. The van der Waals surface area contributed by atoms with Crippen molar-refractivity contribution in [2.75, 3.05) is 0 Å². The van der Waals surface area contributed by atoms with E-state index in [1.165, 1.54) is 6.07 Å². The van der Waals surface area contributed by atoms with Crippen molar-refractivity contribution in [1.82, 2.24) is 0 Å². The highest BCUT2D eigenvalue weighted by Gasteiger charge is 2.33. The zero-order valence-electron chi connectivity index (χ0n) is 10.3. The maximum Gasteiger partial charge on any atom is 0.417 e. The lowest BCUT2D eigenvalue weighted by Gasteiger charge is -2.16. The fourth-order valence-electron chi connectivity index (χ4n) is 3.00. The van der Waals surface area contributed by atoms with Gasteiger partial charge in [-0.1, -0.05) is 48.5 Å². The third-order valence-corrected chi connectivity index (χ3v) is 3.81. The van der Waals surface area contributed by atoms with Gasteiger partial charge < -0.3 is 0 Å². The summed E-state index contributed by atoms with van der Waals surface area (Å²) in [7, 11) is 0. The molecule has 0 radical (unpaired) electrons. The second-order valence-corrected chi connectivity index (χ2v) is 4.97. The predicted molar refractivity (Wildman–Crippen MR) is 75.1 cm³/mol. The Morgan fingerprint density at radius 3 is 1.95 bits per heavy atom. The highest BCUT2D eigenvalue weighted by atomic mass is 19.4. The van der Waals surface area contributed by atoms with E-state index in [4.69, 9.17) is 0 Å². The van der Waals surface area contributed by atoms with Gasteiger partial charge in [0.1, 0.15) is 0 Å². The summed E-state index contributed by atoms with van der Waals surface area (Å²) in [5, 5.41) is 4.35. The van der Waals surface area contributed by atoms with Gasteiger partial charge in [-0.05, 0) is 38.4 Å². The minimum atomic E-state index is -4.34. The molecule has 0 aliphatic heterocycles. The Labute approximate surface area is 112 Å². The van der Waals surface area contributed by atoms with Crippen molar-refractivity contribution in [3.8, 4) is 0 Å². The molecule has 0 fully saturated rings. The Balaban J connectivity index is 2.37. The molecule has 0 saturated carbocycles. The van der Waals surface area contributed by atoms with Gasteiger partial charge in [0.2, 0.25) is 0 Å². The van der Waals surface area contributed by atoms with Gasteiger partial charge in [0, 0.05) is 0 Å². The Hall–Kier alpha value is -2.29. The third-order valence-electron chi connectivity index (χ3n) is 3.81. The van der Waals surface area contributed by atoms with E-state index in [1.807, 2.05) is 24.3 Å². The lowest BCUT2D eigenvalue weighted by Crippen LogP contribution is -2.06. The van der Waals surface area contributed by atoms with Gasteiger partial charge in [0.05, 0.1) is 5.56 Å². The van der Waals surface area contributed by atoms with Gasteiger partial charge in [-0.15, -0.1) is 0 Å². The molecule has 0 nitrogen and oxygen atoms in total. The van der Waals surface area contributed by atoms with E-state index >= 15 is 0 Å². The van der Waals surface area contributed by atoms with Crippen molar-refractivity contribution in [1.29, 1.82) is 0 Å². The summed E-state index contributed by atoms with van der Waals surface area (Å²) < 4.78 is 39.8. The monoisotopic (exact) mass is 270 g/mol. The first-order valence-electron chi connectivity index (χ1n) is 6.29. The summed E-state index contributed by atoms with van der Waals surface area (Å²) >= 11 is 0. The molecule has 0 atom stereocenters. The van der Waals surface area contributed by atoms with Gasteiger partial charge in [-0.25, -0.2) is 0 Å². The molecule has 3 heteroatoms. The van der Waals surface area contributed by atoms with E-state index in [0.717, 1.165) is 16.2 Å². The second kappa shape index (κ2) is 3.63. The molecule has 0 N–H and O–H groups in total. The molecule has 0 aliphatic rings. The zero-order valence-corrected chi connectivity index (χ0v) is 10.3. The molecular weight excluding hydrogens is 261 g/mol. The van der Waals surface area contributed by atoms with Gasteiger partial charge in [0.15, 0.2) is 0 Å². The van der Waals surface area contributed by atoms with E-state index in [2.05, 4.69) is 0 Å². The van der Waals surface area contributed by atoms with Crippen molar-refractivity contribution in [3.63, 3.8) is 0 Å². The maximum absolute atomic E-state index is 13.3. The second-order valence-electron chi connectivity index (χ2n) is 4.97. The van der Waals surface area contributed by atoms with Crippen LogP contribution in [0.3, 0.4) is 0 Å². The molecule has 4 rings (SSSR count). The van der Waals surface area contributed by atoms with Crippen molar-refractivity contribution in [3.05, 3.63) is 60.2 Å². The Morgan fingerprint density at radius 1 is 0.650 bits per heavy atom. The molecule has 0 bridgehead atoms. The number of rotatable bonds is 0. The molecule has 4 aromatic carbocycles. The molecule has 0 saturated heterocycles. The quantitative estimate of drug-likeness (QED) is 0.365. The third kappa shape index (κ3) is 1.43. The summed E-state index contributed by atoms with van der Waals surface area (Å²) in [5.41, 5.74) is -0.561. The summed E-state index contributed by atoms with van der Waals surface area (Å²) in [6.07, 6.45) is -4.34. The Kier molecular flexibility index (Phi) is 2.09. The molecule has 0 spiro atoms. The molecule has 0 unspecified atom stereocenters. The number of hydrogen-bond donors (Lipinski definition) is 0. The smallest absolute Gasteiger partial charge is 0.166 e. The van der Waals surface area contributed by atoms with Crippen LogP contribution in [0.5, 0.6) is 0 Å². The van der Waals surface area contributed by atoms with Crippen molar-refractivity contribution in [2.24, 2.45) is 0 Å². The van der Waals surface area contributed by atoms with Crippen molar-refractivity contribution >= 4 is 32.3 Å². The van der Waals surface area contributed by atoms with E-state index < -0.39 is 11.7 Å². The van der Waals surface area contributed by atoms with Crippen LogP contribution in [-0.4, -0.2) is 0 Å². The van der Waals surface area contributed by atoms with Gasteiger partial charge in [0.25, 0.3) is 0 Å². The average Bonchev–Trinajstić information content (AvgIpc) is 2.43. The largest absolute Gasteiger partial charge is 0.417 e. The number of benzene rings is 4. The normalized spacial score (nSPS) is 12.8. The van der Waals surface area contributed by atoms with Crippen LogP contribution in [0.25, 0.3) is 32.3 Å². The minimum absolute atomic E-state index is 0.277. The van der Waals surface area contributed by atoms with Crippen LogP contribution < -0.4 is 0 Å². The molecule has 0 aromatic heterocycles. The van der Waals surface area contributed by atoms with Gasteiger partial charge in [-0.2, -0.15) is 13.2 Å². The molecule has 4 aromatic rings. The fourth-order valence-corrected chi connectivity index (χ4v) is 3.00. The van der Waals surface area contributed by atoms with E-state index in [0.29, 0.717) is 10.8 Å². The van der Waals surface area contributed by atoms with E-state index in [1.54, 1.807) is 24.3 Å². The number of halogens is 3. The van der Waals surface area contributed by atoms with Crippen LogP contribution in [0, 0.1) is 0 Å². The topological polar surface area (TPSA) is 0 Å². The maximum atomic E-state index is 13.3. The van der Waals surface area contributed by atoms with Crippen LogP contribution in [0.4, 0.5) is 13.2 Å². The van der Waals surface area contributed by atoms with Gasteiger partial charge in [-0.3, -0.25) is 0 Å². The van der Waals surface area contributed by atoms with Crippen LogP contribution in [0.15, 0.2) is 54.6 Å².